The van der Waals surface area contributed by atoms with Crippen LogP contribution in [0.25, 0.3) is 10.9 Å². The molecule has 3 heteroatoms. The number of hydrogen-bond donors (Lipinski definition) is 1. The highest BCUT2D eigenvalue weighted by Crippen LogP contribution is 2.24. The fourth-order valence-corrected chi connectivity index (χ4v) is 3.83. The maximum absolute atomic E-state index is 8.75. The molecule has 1 aromatic carbocycles. The monoisotopic (exact) mass is 385 g/mol. The molecule has 1 aromatic heterocycles. The lowest BCUT2D eigenvalue weighted by atomic mass is 10.0. The number of pyridine rings is 1. The van der Waals surface area contributed by atoms with Gasteiger partial charge in [-0.3, -0.25) is 0 Å². The smallest absolute Gasteiger partial charge is 0.145 e. The van der Waals surface area contributed by atoms with Crippen LogP contribution in [0.1, 0.15) is 89.2 Å². The molecule has 0 aliphatic heterocycles. The van der Waals surface area contributed by atoms with Gasteiger partial charge in [0, 0.05) is 17.7 Å². The number of hydrogen-bond acceptors (Lipinski definition) is 3. The van der Waals surface area contributed by atoms with E-state index in [0.29, 0.717) is 6.61 Å². The highest BCUT2D eigenvalue weighted by atomic mass is 16.5. The van der Waals surface area contributed by atoms with Crippen molar-refractivity contribution in [1.82, 2.24) is 4.98 Å². The summed E-state index contributed by atoms with van der Waals surface area (Å²) < 4.78 is 5.44. The van der Waals surface area contributed by atoms with Gasteiger partial charge in [0.25, 0.3) is 0 Å². The quantitative estimate of drug-likeness (QED) is 0.321. The van der Waals surface area contributed by atoms with Crippen molar-refractivity contribution in [1.29, 1.82) is 0 Å². The average molecular weight is 386 g/mol. The van der Waals surface area contributed by atoms with Gasteiger partial charge in [-0.15, -0.1) is 0 Å². The Morgan fingerprint density at radius 2 is 1.29 bits per heavy atom. The number of fused-ring (bicyclic) bond motifs is 1. The van der Waals surface area contributed by atoms with Crippen LogP contribution in [0.4, 0.5) is 0 Å². The van der Waals surface area contributed by atoms with Gasteiger partial charge in [-0.1, -0.05) is 88.8 Å². The van der Waals surface area contributed by atoms with Crippen molar-refractivity contribution in [2.75, 3.05) is 13.7 Å². The zero-order valence-electron chi connectivity index (χ0n) is 17.8. The van der Waals surface area contributed by atoms with E-state index >= 15 is 0 Å². The van der Waals surface area contributed by atoms with Crippen molar-refractivity contribution < 1.29 is 9.84 Å². The number of aromatic nitrogens is 1. The van der Waals surface area contributed by atoms with E-state index in [1.165, 1.54) is 82.7 Å². The summed E-state index contributed by atoms with van der Waals surface area (Å²) in [4.78, 5) is 4.81. The molecule has 0 fully saturated rings. The lowest BCUT2D eigenvalue weighted by molar-refractivity contribution is 0.282. The molecule has 0 unspecified atom stereocenters. The van der Waals surface area contributed by atoms with Crippen molar-refractivity contribution >= 4 is 10.9 Å². The first-order chi connectivity index (χ1) is 13.8. The van der Waals surface area contributed by atoms with Crippen molar-refractivity contribution in [2.45, 2.75) is 89.9 Å². The van der Waals surface area contributed by atoms with Gasteiger partial charge >= 0.3 is 0 Å². The number of benzene rings is 1. The van der Waals surface area contributed by atoms with Crippen LogP contribution in [0.5, 0.6) is 5.75 Å². The van der Waals surface area contributed by atoms with Gasteiger partial charge in [0.1, 0.15) is 11.3 Å². The summed E-state index contributed by atoms with van der Waals surface area (Å²) in [6.07, 6.45) is 18.0. The Morgan fingerprint density at radius 1 is 0.714 bits per heavy atom. The minimum atomic E-state index is 0.355. The molecule has 1 heterocycles. The number of aryl methyl sites for hydroxylation is 1. The minimum Gasteiger partial charge on any atom is -0.494 e. The second-order valence-corrected chi connectivity index (χ2v) is 7.90. The molecule has 28 heavy (non-hydrogen) atoms. The predicted molar refractivity (Wildman–Crippen MR) is 119 cm³/mol. The molecule has 3 nitrogen and oxygen atoms in total. The van der Waals surface area contributed by atoms with Gasteiger partial charge in [0.15, 0.2) is 0 Å². The van der Waals surface area contributed by atoms with Gasteiger partial charge < -0.3 is 9.84 Å². The largest absolute Gasteiger partial charge is 0.494 e. The van der Waals surface area contributed by atoms with E-state index in [-0.39, 0.29) is 0 Å². The van der Waals surface area contributed by atoms with Crippen LogP contribution in [-0.2, 0) is 6.42 Å². The van der Waals surface area contributed by atoms with Gasteiger partial charge in [-0.2, -0.15) is 0 Å². The molecule has 0 saturated carbocycles. The van der Waals surface area contributed by atoms with E-state index in [2.05, 4.69) is 18.2 Å². The zero-order valence-corrected chi connectivity index (χ0v) is 17.8. The first-order valence-electron chi connectivity index (χ1n) is 11.4. The maximum Gasteiger partial charge on any atom is 0.145 e. The van der Waals surface area contributed by atoms with Crippen LogP contribution in [0.15, 0.2) is 30.3 Å². The number of methoxy groups -OCH3 is 1. The molecule has 0 amide bonds. The first kappa shape index (κ1) is 22.7. The van der Waals surface area contributed by atoms with Crippen LogP contribution in [0.3, 0.4) is 0 Å². The van der Waals surface area contributed by atoms with E-state index < -0.39 is 0 Å². The SMILES string of the molecule is COc1cccc2ccc(CCCCCCCCCCCCCCCO)nc12. The third kappa shape index (κ3) is 8.60. The van der Waals surface area contributed by atoms with Gasteiger partial charge in [0.2, 0.25) is 0 Å². The standard InChI is InChI=1S/C25H39NO2/c1-28-24-18-15-16-22-19-20-23(26-25(22)24)17-13-11-9-7-5-3-2-4-6-8-10-12-14-21-27/h15-16,18-20,27H,2-14,17,21H2,1H3. The van der Waals surface area contributed by atoms with Crippen molar-refractivity contribution in [3.05, 3.63) is 36.0 Å². The minimum absolute atomic E-state index is 0.355. The molecule has 156 valence electrons. The Labute approximate surface area is 171 Å². The number of unbranched alkanes of at least 4 members (excludes halogenated alkanes) is 12. The molecular weight excluding hydrogens is 346 g/mol. The van der Waals surface area contributed by atoms with Crippen molar-refractivity contribution in [2.24, 2.45) is 0 Å². The maximum atomic E-state index is 8.75. The number of aliphatic hydroxyl groups is 1. The zero-order chi connectivity index (χ0) is 19.9. The van der Waals surface area contributed by atoms with Crippen molar-refractivity contribution in [3.63, 3.8) is 0 Å². The molecule has 2 rings (SSSR count). The van der Waals surface area contributed by atoms with E-state index in [4.69, 9.17) is 14.8 Å². The molecule has 0 aliphatic rings. The highest BCUT2D eigenvalue weighted by molar-refractivity contribution is 5.84. The first-order valence-corrected chi connectivity index (χ1v) is 11.4. The Kier molecular flexibility index (Phi) is 11.7. The van der Waals surface area contributed by atoms with E-state index in [1.54, 1.807) is 7.11 Å². The molecule has 0 bridgehead atoms. The van der Waals surface area contributed by atoms with Crippen LogP contribution >= 0.6 is 0 Å². The van der Waals surface area contributed by atoms with E-state index in [0.717, 1.165) is 29.5 Å². The molecule has 2 aromatic rings. The molecule has 0 aliphatic carbocycles. The summed E-state index contributed by atoms with van der Waals surface area (Å²) in [5, 5.41) is 9.90. The Bertz CT molecular complexity index is 656. The lowest BCUT2D eigenvalue weighted by Gasteiger charge is -2.07. The lowest BCUT2D eigenvalue weighted by Crippen LogP contribution is -1.94. The number of aliphatic hydroxyl groups excluding tert-OH is 1. The van der Waals surface area contributed by atoms with Gasteiger partial charge in [-0.25, -0.2) is 4.98 Å². The Hall–Kier alpha value is -1.61. The summed E-state index contributed by atoms with van der Waals surface area (Å²) in [6.45, 7) is 0.355. The third-order valence-corrected chi connectivity index (χ3v) is 5.55. The molecule has 0 saturated heterocycles. The fourth-order valence-electron chi connectivity index (χ4n) is 3.83. The molecular formula is C25H39NO2. The summed E-state index contributed by atoms with van der Waals surface area (Å²) in [5.41, 5.74) is 2.16. The van der Waals surface area contributed by atoms with E-state index in [1.807, 2.05) is 12.1 Å². The second kappa shape index (κ2) is 14.4. The summed E-state index contributed by atoms with van der Waals surface area (Å²) in [7, 11) is 1.71. The van der Waals surface area contributed by atoms with Crippen LogP contribution in [0, 0.1) is 0 Å². The summed E-state index contributed by atoms with van der Waals surface area (Å²) in [5.74, 6) is 0.865. The Morgan fingerprint density at radius 3 is 1.86 bits per heavy atom. The molecule has 1 N–H and O–H groups in total. The number of ether oxygens (including phenoxy) is 1. The topological polar surface area (TPSA) is 42.4 Å². The van der Waals surface area contributed by atoms with Crippen LogP contribution in [-0.4, -0.2) is 23.8 Å². The van der Waals surface area contributed by atoms with Crippen LogP contribution in [0.2, 0.25) is 0 Å². The number of para-hydroxylation sites is 1. The van der Waals surface area contributed by atoms with Crippen LogP contribution < -0.4 is 4.74 Å². The highest BCUT2D eigenvalue weighted by Gasteiger charge is 2.04. The number of nitrogens with zero attached hydrogens (tertiary/aromatic N) is 1. The fraction of sp³-hybridized carbons (Fsp3) is 0.640. The third-order valence-electron chi connectivity index (χ3n) is 5.55. The molecule has 0 radical (unpaired) electrons. The van der Waals surface area contributed by atoms with Gasteiger partial charge in [-0.05, 0) is 31.4 Å². The normalized spacial score (nSPS) is 11.2. The van der Waals surface area contributed by atoms with Gasteiger partial charge in [0.05, 0.1) is 7.11 Å². The molecule has 0 atom stereocenters. The Balaban J connectivity index is 1.48. The van der Waals surface area contributed by atoms with E-state index in [9.17, 15) is 0 Å². The van der Waals surface area contributed by atoms with Crippen molar-refractivity contribution in [3.8, 4) is 5.75 Å². The summed E-state index contributed by atoms with van der Waals surface area (Å²) in [6, 6.07) is 10.4. The molecule has 0 spiro atoms. The average Bonchev–Trinajstić information content (AvgIpc) is 2.73. The predicted octanol–water partition coefficient (Wildman–Crippen LogP) is 6.85. The second-order valence-electron chi connectivity index (χ2n) is 7.90. The number of rotatable bonds is 16. The summed E-state index contributed by atoms with van der Waals surface area (Å²) >= 11 is 0.